The summed E-state index contributed by atoms with van der Waals surface area (Å²) in [7, 11) is 2.17. The van der Waals surface area contributed by atoms with Crippen molar-refractivity contribution in [1.82, 2.24) is 15.1 Å². The van der Waals surface area contributed by atoms with Crippen molar-refractivity contribution >= 4 is 17.7 Å². The first-order valence-electron chi connectivity index (χ1n) is 8.46. The topological polar surface area (TPSA) is 35.6 Å². The van der Waals surface area contributed by atoms with Crippen molar-refractivity contribution in [2.24, 2.45) is 0 Å². The van der Waals surface area contributed by atoms with Gasteiger partial charge in [0.15, 0.2) is 0 Å². The van der Waals surface area contributed by atoms with Crippen molar-refractivity contribution in [3.63, 3.8) is 0 Å². The highest BCUT2D eigenvalue weighted by atomic mass is 32.2. The van der Waals surface area contributed by atoms with Crippen LogP contribution in [-0.2, 0) is 4.79 Å². The second-order valence-corrected chi connectivity index (χ2v) is 7.78. The number of amides is 1. The molecule has 1 fully saturated rings. The third kappa shape index (κ3) is 6.53. The Hall–Kier alpha value is -1.04. The van der Waals surface area contributed by atoms with Gasteiger partial charge in [-0.25, -0.2) is 0 Å². The van der Waals surface area contributed by atoms with Crippen molar-refractivity contribution in [3.05, 3.63) is 29.8 Å². The van der Waals surface area contributed by atoms with Crippen LogP contribution in [0.3, 0.4) is 0 Å². The molecule has 1 amide bonds. The van der Waals surface area contributed by atoms with Gasteiger partial charge >= 0.3 is 0 Å². The third-order valence-electron chi connectivity index (χ3n) is 4.25. The minimum absolute atomic E-state index is 0.0543. The van der Waals surface area contributed by atoms with Crippen LogP contribution in [0.1, 0.15) is 18.9 Å². The Morgan fingerprint density at radius 1 is 1.22 bits per heavy atom. The van der Waals surface area contributed by atoms with Crippen molar-refractivity contribution in [1.29, 1.82) is 0 Å². The fourth-order valence-corrected chi connectivity index (χ4v) is 3.50. The minimum atomic E-state index is -0.0543. The molecule has 0 bridgehead atoms. The lowest BCUT2D eigenvalue weighted by Crippen LogP contribution is -2.45. The summed E-state index contributed by atoms with van der Waals surface area (Å²) in [5.41, 5.74) is 1.25. The predicted octanol–water partition coefficient (Wildman–Crippen LogP) is 2.23. The second-order valence-electron chi connectivity index (χ2n) is 6.36. The molecular weight excluding hydrogens is 306 g/mol. The fraction of sp³-hybridized carbons (Fsp3) is 0.611. The molecule has 5 heteroatoms. The molecule has 0 aliphatic carbocycles. The number of nitrogens with zero attached hydrogens (tertiary/aromatic N) is 2. The van der Waals surface area contributed by atoms with E-state index in [4.69, 9.17) is 0 Å². The Balaban J connectivity index is 1.61. The van der Waals surface area contributed by atoms with E-state index in [0.717, 1.165) is 50.6 Å². The van der Waals surface area contributed by atoms with Crippen molar-refractivity contribution < 1.29 is 4.79 Å². The molecule has 0 unspecified atom stereocenters. The maximum Gasteiger partial charge on any atom is 0.233 e. The average Bonchev–Trinajstić information content (AvgIpc) is 2.55. The zero-order chi connectivity index (χ0) is 16.7. The second kappa shape index (κ2) is 9.30. The minimum Gasteiger partial charge on any atom is -0.355 e. The normalized spacial score (nSPS) is 17.9. The van der Waals surface area contributed by atoms with E-state index in [1.807, 2.05) is 6.92 Å². The number of thioether (sulfide) groups is 1. The molecule has 1 saturated heterocycles. The van der Waals surface area contributed by atoms with Gasteiger partial charge in [0, 0.05) is 37.6 Å². The average molecular weight is 336 g/mol. The van der Waals surface area contributed by atoms with Crippen LogP contribution in [0.25, 0.3) is 0 Å². The van der Waals surface area contributed by atoms with E-state index in [1.54, 1.807) is 11.8 Å². The molecule has 0 spiro atoms. The number of nitrogens with one attached hydrogen (secondary N) is 1. The van der Waals surface area contributed by atoms with Crippen LogP contribution in [0.5, 0.6) is 0 Å². The van der Waals surface area contributed by atoms with E-state index in [2.05, 4.69) is 53.4 Å². The molecule has 1 N–H and O–H groups in total. The van der Waals surface area contributed by atoms with Crippen LogP contribution in [-0.4, -0.2) is 67.3 Å². The number of aryl methyl sites for hydroxylation is 1. The summed E-state index contributed by atoms with van der Waals surface area (Å²) >= 11 is 1.62. The Morgan fingerprint density at radius 2 is 1.87 bits per heavy atom. The van der Waals surface area contributed by atoms with E-state index in [0.29, 0.717) is 0 Å². The quantitative estimate of drug-likeness (QED) is 0.612. The molecule has 4 nitrogen and oxygen atoms in total. The van der Waals surface area contributed by atoms with Gasteiger partial charge in [0.05, 0.1) is 5.25 Å². The monoisotopic (exact) mass is 335 g/mol. The van der Waals surface area contributed by atoms with Gasteiger partial charge in [-0.05, 0) is 46.0 Å². The van der Waals surface area contributed by atoms with Gasteiger partial charge in [-0.3, -0.25) is 4.79 Å². The number of carbonyl (C=O) groups is 1. The molecule has 1 aromatic carbocycles. The first-order valence-corrected chi connectivity index (χ1v) is 9.34. The number of benzene rings is 1. The maximum atomic E-state index is 12.2. The van der Waals surface area contributed by atoms with Crippen molar-refractivity contribution in [2.75, 3.05) is 46.3 Å². The van der Waals surface area contributed by atoms with E-state index in [-0.39, 0.29) is 11.2 Å². The lowest BCUT2D eigenvalue weighted by molar-refractivity contribution is -0.120. The molecule has 23 heavy (non-hydrogen) atoms. The Bertz CT molecular complexity index is 484. The summed E-state index contributed by atoms with van der Waals surface area (Å²) in [6, 6.07) is 8.33. The van der Waals surface area contributed by atoms with E-state index < -0.39 is 0 Å². The van der Waals surface area contributed by atoms with Gasteiger partial charge in [0.25, 0.3) is 0 Å². The lowest BCUT2D eigenvalue weighted by Gasteiger charge is -2.32. The zero-order valence-electron chi connectivity index (χ0n) is 14.5. The van der Waals surface area contributed by atoms with E-state index in [9.17, 15) is 4.79 Å². The van der Waals surface area contributed by atoms with Crippen LogP contribution < -0.4 is 5.32 Å². The highest BCUT2D eigenvalue weighted by molar-refractivity contribution is 8.00. The summed E-state index contributed by atoms with van der Waals surface area (Å²) in [6.45, 7) is 10.5. The van der Waals surface area contributed by atoms with Gasteiger partial charge in [-0.1, -0.05) is 17.7 Å². The summed E-state index contributed by atoms with van der Waals surface area (Å²) in [4.78, 5) is 18.2. The highest BCUT2D eigenvalue weighted by Gasteiger charge is 2.15. The van der Waals surface area contributed by atoms with Crippen LogP contribution in [0.2, 0.25) is 0 Å². The summed E-state index contributed by atoms with van der Waals surface area (Å²) in [6.07, 6.45) is 1.03. The summed E-state index contributed by atoms with van der Waals surface area (Å²) < 4.78 is 0. The number of rotatable bonds is 7. The third-order valence-corrected chi connectivity index (χ3v) is 5.36. The molecule has 0 radical (unpaired) electrons. The Labute approximate surface area is 144 Å². The number of hydrogen-bond acceptors (Lipinski definition) is 4. The SMILES string of the molecule is Cc1ccc(S[C@@H](C)C(=O)NCCCN2CCN(C)CC2)cc1. The molecule has 1 aliphatic rings. The molecule has 1 aromatic rings. The zero-order valence-corrected chi connectivity index (χ0v) is 15.4. The first-order chi connectivity index (χ1) is 11.0. The summed E-state index contributed by atoms with van der Waals surface area (Å²) in [5.74, 6) is 0.133. The molecule has 1 aliphatic heterocycles. The predicted molar refractivity (Wildman–Crippen MR) is 98.1 cm³/mol. The van der Waals surface area contributed by atoms with Crippen molar-refractivity contribution in [3.8, 4) is 0 Å². The van der Waals surface area contributed by atoms with Crippen LogP contribution >= 0.6 is 11.8 Å². The van der Waals surface area contributed by atoms with Crippen LogP contribution in [0.15, 0.2) is 29.2 Å². The van der Waals surface area contributed by atoms with Crippen LogP contribution in [0.4, 0.5) is 0 Å². The Morgan fingerprint density at radius 3 is 2.52 bits per heavy atom. The number of likely N-dealkylation sites (N-methyl/N-ethyl adjacent to an activating group) is 1. The smallest absolute Gasteiger partial charge is 0.233 e. The van der Waals surface area contributed by atoms with Gasteiger partial charge in [0.1, 0.15) is 0 Å². The van der Waals surface area contributed by atoms with Gasteiger partial charge < -0.3 is 15.1 Å². The molecule has 1 atom stereocenters. The maximum absolute atomic E-state index is 12.2. The number of piperazine rings is 1. The first kappa shape index (κ1) is 18.3. The highest BCUT2D eigenvalue weighted by Crippen LogP contribution is 2.23. The van der Waals surface area contributed by atoms with Crippen molar-refractivity contribution in [2.45, 2.75) is 30.4 Å². The molecule has 128 valence electrons. The van der Waals surface area contributed by atoms with Crippen LogP contribution in [0, 0.1) is 6.92 Å². The van der Waals surface area contributed by atoms with E-state index in [1.165, 1.54) is 5.56 Å². The molecule has 2 rings (SSSR count). The Kier molecular flexibility index (Phi) is 7.40. The molecule has 1 heterocycles. The molecular formula is C18H29N3OS. The standard InChI is InChI=1S/C18H29N3OS/c1-15-5-7-17(8-6-15)23-16(2)18(22)19-9-4-10-21-13-11-20(3)12-14-21/h5-8,16H,4,9-14H2,1-3H3,(H,19,22)/t16-/m0/s1. The number of carbonyl (C=O) groups excluding carboxylic acids is 1. The fourth-order valence-electron chi connectivity index (χ4n) is 2.60. The molecule has 0 aromatic heterocycles. The van der Waals surface area contributed by atoms with E-state index >= 15 is 0 Å². The summed E-state index contributed by atoms with van der Waals surface area (Å²) in [5, 5.41) is 3.01. The van der Waals surface area contributed by atoms with Gasteiger partial charge in [0.2, 0.25) is 5.91 Å². The number of hydrogen-bond donors (Lipinski definition) is 1. The van der Waals surface area contributed by atoms with Gasteiger partial charge in [-0.2, -0.15) is 0 Å². The van der Waals surface area contributed by atoms with Gasteiger partial charge in [-0.15, -0.1) is 11.8 Å². The molecule has 0 saturated carbocycles. The lowest BCUT2D eigenvalue weighted by atomic mass is 10.2. The largest absolute Gasteiger partial charge is 0.355 e.